The first-order valence-electron chi connectivity index (χ1n) is 4.79. The van der Waals surface area contributed by atoms with Crippen molar-refractivity contribution in [3.63, 3.8) is 0 Å². The lowest BCUT2D eigenvalue weighted by atomic mass is 9.38. The maximum Gasteiger partial charge on any atom is 0.0194 e. The Labute approximate surface area is 69.6 Å². The van der Waals surface area contributed by atoms with Crippen LogP contribution in [0.1, 0.15) is 39.5 Å². The van der Waals surface area contributed by atoms with Crippen LogP contribution in [0.5, 0.6) is 0 Å². The Kier molecular flexibility index (Phi) is 1.39. The molecule has 0 heterocycles. The Bertz CT molecular complexity index is 152. The Morgan fingerprint density at radius 1 is 1.27 bits per heavy atom. The van der Waals surface area contributed by atoms with Gasteiger partial charge in [0.15, 0.2) is 0 Å². The van der Waals surface area contributed by atoms with Crippen molar-refractivity contribution in [1.82, 2.24) is 5.32 Å². The van der Waals surface area contributed by atoms with Crippen LogP contribution in [-0.2, 0) is 0 Å². The number of nitrogens with one attached hydrogen (secondary N) is 1. The minimum Gasteiger partial charge on any atom is -0.314 e. The molecule has 0 aromatic heterocycles. The highest BCUT2D eigenvalue weighted by atomic mass is 15.0. The van der Waals surface area contributed by atoms with E-state index in [1.54, 1.807) is 0 Å². The normalized spacial score (nSPS) is 46.9. The summed E-state index contributed by atoms with van der Waals surface area (Å²) in [5, 5.41) is 3.44. The van der Waals surface area contributed by atoms with Gasteiger partial charge in [0, 0.05) is 5.54 Å². The van der Waals surface area contributed by atoms with Crippen LogP contribution in [0, 0.1) is 11.3 Å². The second-order valence-corrected chi connectivity index (χ2v) is 5.16. The van der Waals surface area contributed by atoms with Crippen LogP contribution in [0.25, 0.3) is 0 Å². The molecule has 2 bridgehead atoms. The van der Waals surface area contributed by atoms with Gasteiger partial charge in [0.25, 0.3) is 0 Å². The molecule has 3 fully saturated rings. The SMILES string of the molecule is CNC12CC(CC(C)C)(C1)C2. The fourth-order valence-corrected chi connectivity index (χ4v) is 3.35. The van der Waals surface area contributed by atoms with E-state index < -0.39 is 0 Å². The minimum absolute atomic E-state index is 0.606. The fourth-order valence-electron chi connectivity index (χ4n) is 3.35. The summed E-state index contributed by atoms with van der Waals surface area (Å²) in [6.45, 7) is 4.68. The summed E-state index contributed by atoms with van der Waals surface area (Å²) in [6, 6.07) is 0. The van der Waals surface area contributed by atoms with Crippen molar-refractivity contribution in [2.24, 2.45) is 11.3 Å². The Balaban J connectivity index is 1.85. The van der Waals surface area contributed by atoms with E-state index in [1.807, 2.05) is 0 Å². The highest BCUT2D eigenvalue weighted by molar-refractivity contribution is 5.22. The smallest absolute Gasteiger partial charge is 0.0194 e. The fraction of sp³-hybridized carbons (Fsp3) is 1.00. The predicted molar refractivity (Wildman–Crippen MR) is 47.5 cm³/mol. The summed E-state index contributed by atoms with van der Waals surface area (Å²) in [5.74, 6) is 0.894. The molecule has 0 unspecified atom stereocenters. The zero-order chi connectivity index (χ0) is 8.11. The molecule has 11 heavy (non-hydrogen) atoms. The maximum absolute atomic E-state index is 3.44. The van der Waals surface area contributed by atoms with Crippen molar-refractivity contribution in [1.29, 1.82) is 0 Å². The summed E-state index contributed by atoms with van der Waals surface area (Å²) >= 11 is 0. The summed E-state index contributed by atoms with van der Waals surface area (Å²) < 4.78 is 0. The topological polar surface area (TPSA) is 12.0 Å². The Morgan fingerprint density at radius 2 is 1.82 bits per heavy atom. The van der Waals surface area contributed by atoms with E-state index in [-0.39, 0.29) is 0 Å². The van der Waals surface area contributed by atoms with Gasteiger partial charge in [-0.05, 0) is 44.1 Å². The molecule has 3 aliphatic rings. The van der Waals surface area contributed by atoms with Gasteiger partial charge in [-0.2, -0.15) is 0 Å². The first-order valence-corrected chi connectivity index (χ1v) is 4.79. The molecule has 3 aliphatic carbocycles. The lowest BCUT2D eigenvalue weighted by Crippen LogP contribution is -2.73. The van der Waals surface area contributed by atoms with E-state index in [9.17, 15) is 0 Å². The van der Waals surface area contributed by atoms with Crippen LogP contribution in [0.15, 0.2) is 0 Å². The average Bonchev–Trinajstić information content (AvgIpc) is 1.74. The highest BCUT2D eigenvalue weighted by Crippen LogP contribution is 2.69. The van der Waals surface area contributed by atoms with E-state index >= 15 is 0 Å². The quantitative estimate of drug-likeness (QED) is 0.655. The molecular formula is C10H19N. The highest BCUT2D eigenvalue weighted by Gasteiger charge is 2.66. The van der Waals surface area contributed by atoms with Crippen LogP contribution >= 0.6 is 0 Å². The maximum atomic E-state index is 3.44. The summed E-state index contributed by atoms with van der Waals surface area (Å²) in [7, 11) is 2.11. The molecule has 0 amide bonds. The largest absolute Gasteiger partial charge is 0.314 e. The minimum atomic E-state index is 0.606. The van der Waals surface area contributed by atoms with Crippen molar-refractivity contribution >= 4 is 0 Å². The second kappa shape index (κ2) is 2.01. The van der Waals surface area contributed by atoms with Crippen molar-refractivity contribution < 1.29 is 0 Å². The Morgan fingerprint density at radius 3 is 2.18 bits per heavy atom. The van der Waals surface area contributed by atoms with Crippen molar-refractivity contribution in [3.05, 3.63) is 0 Å². The predicted octanol–water partition coefficient (Wildman–Crippen LogP) is 2.17. The molecule has 1 heteroatoms. The van der Waals surface area contributed by atoms with Crippen molar-refractivity contribution in [3.8, 4) is 0 Å². The molecule has 0 spiro atoms. The lowest BCUT2D eigenvalue weighted by Gasteiger charge is -2.71. The van der Waals surface area contributed by atoms with Gasteiger partial charge in [-0.3, -0.25) is 0 Å². The lowest BCUT2D eigenvalue weighted by molar-refractivity contribution is -0.161. The third-order valence-corrected chi connectivity index (χ3v) is 3.51. The summed E-state index contributed by atoms with van der Waals surface area (Å²) in [6.07, 6.45) is 5.81. The molecule has 0 aromatic rings. The van der Waals surface area contributed by atoms with E-state index in [2.05, 4.69) is 26.2 Å². The molecule has 0 aliphatic heterocycles. The number of hydrogen-bond donors (Lipinski definition) is 1. The van der Waals surface area contributed by atoms with Crippen LogP contribution < -0.4 is 5.32 Å². The molecule has 0 saturated heterocycles. The first-order chi connectivity index (χ1) is 5.10. The average molecular weight is 153 g/mol. The molecule has 64 valence electrons. The summed E-state index contributed by atoms with van der Waals surface area (Å²) in [5.41, 5.74) is 1.39. The number of hydrogen-bond acceptors (Lipinski definition) is 1. The van der Waals surface area contributed by atoms with Gasteiger partial charge in [0.05, 0.1) is 0 Å². The zero-order valence-corrected chi connectivity index (χ0v) is 7.91. The molecular weight excluding hydrogens is 134 g/mol. The third kappa shape index (κ3) is 0.936. The van der Waals surface area contributed by atoms with Gasteiger partial charge in [0.2, 0.25) is 0 Å². The second-order valence-electron chi connectivity index (χ2n) is 5.16. The monoisotopic (exact) mass is 153 g/mol. The van der Waals surface area contributed by atoms with Gasteiger partial charge < -0.3 is 5.32 Å². The van der Waals surface area contributed by atoms with Crippen LogP contribution in [0.4, 0.5) is 0 Å². The van der Waals surface area contributed by atoms with Gasteiger partial charge in [-0.25, -0.2) is 0 Å². The standard InChI is InChI=1S/C10H19N/c1-8(2)4-9-5-10(6-9,7-9)11-3/h8,11H,4-7H2,1-3H3. The van der Waals surface area contributed by atoms with E-state index in [0.717, 1.165) is 11.3 Å². The van der Waals surface area contributed by atoms with Crippen LogP contribution in [-0.4, -0.2) is 12.6 Å². The van der Waals surface area contributed by atoms with Crippen LogP contribution in [0.3, 0.4) is 0 Å². The molecule has 1 N–H and O–H groups in total. The van der Waals surface area contributed by atoms with Gasteiger partial charge >= 0.3 is 0 Å². The third-order valence-electron chi connectivity index (χ3n) is 3.51. The Hall–Kier alpha value is -0.0400. The number of rotatable bonds is 3. The van der Waals surface area contributed by atoms with E-state index in [0.29, 0.717) is 5.54 Å². The molecule has 3 rings (SSSR count). The van der Waals surface area contributed by atoms with E-state index in [4.69, 9.17) is 0 Å². The first kappa shape index (κ1) is 7.60. The van der Waals surface area contributed by atoms with Crippen molar-refractivity contribution in [2.75, 3.05) is 7.05 Å². The van der Waals surface area contributed by atoms with Gasteiger partial charge in [0.1, 0.15) is 0 Å². The molecule has 0 atom stereocenters. The van der Waals surface area contributed by atoms with Gasteiger partial charge in [-0.1, -0.05) is 13.8 Å². The van der Waals surface area contributed by atoms with Crippen molar-refractivity contribution in [2.45, 2.75) is 45.1 Å². The van der Waals surface area contributed by atoms with Gasteiger partial charge in [-0.15, -0.1) is 0 Å². The molecule has 0 radical (unpaired) electrons. The molecule has 3 saturated carbocycles. The van der Waals surface area contributed by atoms with Crippen LogP contribution in [0.2, 0.25) is 0 Å². The van der Waals surface area contributed by atoms with E-state index in [1.165, 1.54) is 25.7 Å². The summed E-state index contributed by atoms with van der Waals surface area (Å²) in [4.78, 5) is 0. The molecule has 0 aromatic carbocycles. The zero-order valence-electron chi connectivity index (χ0n) is 7.91. The molecule has 1 nitrogen and oxygen atoms in total.